The standard InChI is InChI=1S/C22H23NO2/c24-22-20(19-14-8-7-11-17(19)15-25-22)21(16-9-3-1-4-10-16)23-18-12-5-2-6-13-18/h1-6,8-10,12-14,17,19-21,23H,7,11,15H2/t17-,19-,20+,21?/m0/s1. The summed E-state index contributed by atoms with van der Waals surface area (Å²) in [5.74, 6) is 0.357. The van der Waals surface area contributed by atoms with Gasteiger partial charge in [0.05, 0.1) is 18.6 Å². The molecule has 0 saturated carbocycles. The van der Waals surface area contributed by atoms with Gasteiger partial charge in [0.2, 0.25) is 0 Å². The van der Waals surface area contributed by atoms with Crippen molar-refractivity contribution in [3.8, 4) is 0 Å². The molecule has 1 N–H and O–H groups in total. The highest BCUT2D eigenvalue weighted by Crippen LogP contribution is 2.42. The first-order valence-corrected chi connectivity index (χ1v) is 9.03. The van der Waals surface area contributed by atoms with Crippen molar-refractivity contribution in [2.45, 2.75) is 18.9 Å². The maximum absolute atomic E-state index is 12.8. The molecule has 1 aliphatic heterocycles. The van der Waals surface area contributed by atoms with E-state index in [1.54, 1.807) is 0 Å². The van der Waals surface area contributed by atoms with Crippen molar-refractivity contribution in [3.05, 3.63) is 78.4 Å². The van der Waals surface area contributed by atoms with Crippen LogP contribution in [-0.2, 0) is 9.53 Å². The zero-order valence-electron chi connectivity index (χ0n) is 14.2. The van der Waals surface area contributed by atoms with E-state index in [-0.39, 0.29) is 23.8 Å². The number of fused-ring (bicyclic) bond motifs is 1. The van der Waals surface area contributed by atoms with Crippen LogP contribution < -0.4 is 5.32 Å². The Hall–Kier alpha value is -2.55. The van der Waals surface area contributed by atoms with Gasteiger partial charge in [-0.05, 0) is 36.5 Å². The van der Waals surface area contributed by atoms with Gasteiger partial charge in [0.1, 0.15) is 0 Å². The minimum atomic E-state index is -0.210. The van der Waals surface area contributed by atoms with Gasteiger partial charge in [-0.15, -0.1) is 0 Å². The van der Waals surface area contributed by atoms with E-state index in [1.807, 2.05) is 48.5 Å². The normalized spacial score (nSPS) is 26.4. The molecule has 128 valence electrons. The van der Waals surface area contributed by atoms with Crippen LogP contribution in [0, 0.1) is 17.8 Å². The van der Waals surface area contributed by atoms with Crippen LogP contribution in [-0.4, -0.2) is 12.6 Å². The number of allylic oxidation sites excluding steroid dienone is 2. The lowest BCUT2D eigenvalue weighted by Gasteiger charge is -2.41. The summed E-state index contributed by atoms with van der Waals surface area (Å²) in [6.45, 7) is 0.553. The van der Waals surface area contributed by atoms with Crippen molar-refractivity contribution in [2.24, 2.45) is 17.8 Å². The lowest BCUT2D eigenvalue weighted by atomic mass is 9.71. The van der Waals surface area contributed by atoms with Gasteiger partial charge in [-0.3, -0.25) is 4.79 Å². The highest BCUT2D eigenvalue weighted by molar-refractivity contribution is 5.76. The Kier molecular flexibility index (Phi) is 4.55. The predicted molar refractivity (Wildman–Crippen MR) is 99.1 cm³/mol. The molecule has 1 fully saturated rings. The highest BCUT2D eigenvalue weighted by Gasteiger charge is 2.44. The van der Waals surface area contributed by atoms with Crippen LogP contribution in [0.15, 0.2) is 72.8 Å². The molecule has 1 aliphatic carbocycles. The van der Waals surface area contributed by atoms with Gasteiger partial charge in [-0.25, -0.2) is 0 Å². The van der Waals surface area contributed by atoms with E-state index in [2.05, 4.69) is 29.6 Å². The molecule has 3 nitrogen and oxygen atoms in total. The molecule has 2 aromatic rings. The molecule has 4 rings (SSSR count). The monoisotopic (exact) mass is 333 g/mol. The second kappa shape index (κ2) is 7.14. The summed E-state index contributed by atoms with van der Waals surface area (Å²) in [5.41, 5.74) is 2.14. The zero-order chi connectivity index (χ0) is 17.1. The van der Waals surface area contributed by atoms with Crippen molar-refractivity contribution < 1.29 is 9.53 Å². The van der Waals surface area contributed by atoms with E-state index in [4.69, 9.17) is 4.74 Å². The molecule has 0 radical (unpaired) electrons. The van der Waals surface area contributed by atoms with Gasteiger partial charge < -0.3 is 10.1 Å². The number of ether oxygens (including phenoxy) is 1. The number of hydrogen-bond acceptors (Lipinski definition) is 3. The number of rotatable bonds is 4. The first kappa shape index (κ1) is 15.9. The summed E-state index contributed by atoms with van der Waals surface area (Å²) < 4.78 is 5.59. The molecule has 4 atom stereocenters. The number of carbonyl (C=O) groups is 1. The molecule has 0 aromatic heterocycles. The Bertz CT molecular complexity index is 741. The van der Waals surface area contributed by atoms with Gasteiger partial charge in [-0.2, -0.15) is 0 Å². The minimum Gasteiger partial charge on any atom is -0.465 e. The van der Waals surface area contributed by atoms with Crippen molar-refractivity contribution in [1.82, 2.24) is 0 Å². The molecule has 3 heteroatoms. The van der Waals surface area contributed by atoms with Crippen LogP contribution in [0.25, 0.3) is 0 Å². The number of carbonyl (C=O) groups excluding carboxylic acids is 1. The molecule has 0 bridgehead atoms. The topological polar surface area (TPSA) is 38.3 Å². The SMILES string of the molecule is O=C1OC[C@@H]2CCC=C[C@@H]2[C@@H]1C(Nc1ccccc1)c1ccccc1. The third kappa shape index (κ3) is 3.32. The molecule has 2 aliphatic rings. The average Bonchev–Trinajstić information content (AvgIpc) is 2.68. The van der Waals surface area contributed by atoms with Gasteiger partial charge >= 0.3 is 5.97 Å². The van der Waals surface area contributed by atoms with Crippen molar-refractivity contribution in [2.75, 3.05) is 11.9 Å². The summed E-state index contributed by atoms with van der Waals surface area (Å²) >= 11 is 0. The largest absolute Gasteiger partial charge is 0.465 e. The lowest BCUT2D eigenvalue weighted by molar-refractivity contribution is -0.161. The Morgan fingerprint density at radius 2 is 1.72 bits per heavy atom. The summed E-state index contributed by atoms with van der Waals surface area (Å²) in [6, 6.07) is 20.2. The Balaban J connectivity index is 1.72. The number of benzene rings is 2. The summed E-state index contributed by atoms with van der Waals surface area (Å²) in [4.78, 5) is 12.8. The fourth-order valence-electron chi connectivity index (χ4n) is 4.08. The quantitative estimate of drug-likeness (QED) is 0.657. The summed E-state index contributed by atoms with van der Waals surface area (Å²) in [6.07, 6.45) is 6.63. The predicted octanol–water partition coefficient (Wildman–Crippen LogP) is 4.60. The van der Waals surface area contributed by atoms with Crippen LogP contribution in [0.5, 0.6) is 0 Å². The summed E-state index contributed by atoms with van der Waals surface area (Å²) in [5, 5.41) is 3.59. The number of nitrogens with one attached hydrogen (secondary N) is 1. The Labute approximate surface area is 148 Å². The fourth-order valence-corrected chi connectivity index (χ4v) is 4.08. The van der Waals surface area contributed by atoms with Crippen LogP contribution >= 0.6 is 0 Å². The smallest absolute Gasteiger partial charge is 0.312 e. The molecule has 25 heavy (non-hydrogen) atoms. The molecule has 0 amide bonds. The van der Waals surface area contributed by atoms with Crippen LogP contribution in [0.1, 0.15) is 24.4 Å². The van der Waals surface area contributed by atoms with E-state index in [0.29, 0.717) is 12.5 Å². The minimum absolute atomic E-state index is 0.0925. The van der Waals surface area contributed by atoms with E-state index >= 15 is 0 Å². The maximum Gasteiger partial charge on any atom is 0.312 e. The van der Waals surface area contributed by atoms with Crippen LogP contribution in [0.2, 0.25) is 0 Å². The second-order valence-electron chi connectivity index (χ2n) is 6.90. The van der Waals surface area contributed by atoms with E-state index in [9.17, 15) is 4.79 Å². The molecular formula is C22H23NO2. The van der Waals surface area contributed by atoms with Crippen molar-refractivity contribution >= 4 is 11.7 Å². The van der Waals surface area contributed by atoms with Gasteiger partial charge in [0.25, 0.3) is 0 Å². The third-order valence-corrected chi connectivity index (χ3v) is 5.35. The molecule has 1 unspecified atom stereocenters. The van der Waals surface area contributed by atoms with E-state index in [1.165, 1.54) is 0 Å². The number of anilines is 1. The molecule has 1 saturated heterocycles. The third-order valence-electron chi connectivity index (χ3n) is 5.35. The lowest BCUT2D eigenvalue weighted by Crippen LogP contribution is -2.44. The first-order chi connectivity index (χ1) is 12.3. The first-order valence-electron chi connectivity index (χ1n) is 9.03. The average molecular weight is 333 g/mol. The van der Waals surface area contributed by atoms with Gasteiger partial charge in [0, 0.05) is 11.6 Å². The number of hydrogen-bond donors (Lipinski definition) is 1. The maximum atomic E-state index is 12.8. The molecule has 0 spiro atoms. The van der Waals surface area contributed by atoms with Crippen LogP contribution in [0.3, 0.4) is 0 Å². The summed E-state index contributed by atoms with van der Waals surface area (Å²) in [7, 11) is 0. The van der Waals surface area contributed by atoms with Crippen LogP contribution in [0.4, 0.5) is 5.69 Å². The zero-order valence-corrected chi connectivity index (χ0v) is 14.2. The van der Waals surface area contributed by atoms with Crippen molar-refractivity contribution in [3.63, 3.8) is 0 Å². The Morgan fingerprint density at radius 3 is 2.48 bits per heavy atom. The second-order valence-corrected chi connectivity index (χ2v) is 6.90. The van der Waals surface area contributed by atoms with E-state index in [0.717, 1.165) is 24.1 Å². The Morgan fingerprint density at radius 1 is 1.00 bits per heavy atom. The number of esters is 1. The molecule has 2 aromatic carbocycles. The van der Waals surface area contributed by atoms with Crippen molar-refractivity contribution in [1.29, 1.82) is 0 Å². The number of cyclic esters (lactones) is 1. The molecular weight excluding hydrogens is 310 g/mol. The highest BCUT2D eigenvalue weighted by atomic mass is 16.5. The molecule has 1 heterocycles. The fraction of sp³-hybridized carbons (Fsp3) is 0.318. The number of para-hydroxylation sites is 1. The van der Waals surface area contributed by atoms with Gasteiger partial charge in [-0.1, -0.05) is 60.7 Å². The van der Waals surface area contributed by atoms with Gasteiger partial charge in [0.15, 0.2) is 0 Å². The van der Waals surface area contributed by atoms with E-state index < -0.39 is 0 Å².